The Labute approximate surface area is 112 Å². The van der Waals surface area contributed by atoms with Crippen molar-refractivity contribution in [3.05, 3.63) is 35.2 Å². The normalized spacial score (nSPS) is 21.5. The molecule has 1 atom stereocenters. The summed E-state index contributed by atoms with van der Waals surface area (Å²) in [6, 6.07) is 8.96. The second-order valence-electron chi connectivity index (χ2n) is 5.06. The van der Waals surface area contributed by atoms with Crippen LogP contribution >= 0.6 is 11.3 Å². The maximum atomic E-state index is 9.46. The number of hydrogen-bond acceptors (Lipinski definition) is 3. The van der Waals surface area contributed by atoms with Crippen LogP contribution in [-0.4, -0.2) is 29.2 Å². The van der Waals surface area contributed by atoms with Crippen LogP contribution in [0.5, 0.6) is 0 Å². The van der Waals surface area contributed by atoms with E-state index in [9.17, 15) is 5.11 Å². The monoisotopic (exact) mass is 261 g/mol. The predicted molar refractivity (Wildman–Crippen MR) is 77.0 cm³/mol. The Hall–Kier alpha value is -0.900. The van der Waals surface area contributed by atoms with Crippen molar-refractivity contribution in [2.45, 2.75) is 31.8 Å². The zero-order chi connectivity index (χ0) is 12.4. The smallest absolute Gasteiger partial charge is 0.0586 e. The first-order valence-electron chi connectivity index (χ1n) is 6.68. The molecule has 1 N–H and O–H groups in total. The molecule has 0 aliphatic carbocycles. The number of benzene rings is 1. The average molecular weight is 261 g/mol. The van der Waals surface area contributed by atoms with E-state index in [4.69, 9.17) is 0 Å². The lowest BCUT2D eigenvalue weighted by atomic mass is 10.0. The van der Waals surface area contributed by atoms with E-state index in [1.54, 1.807) is 0 Å². The summed E-state index contributed by atoms with van der Waals surface area (Å²) >= 11 is 1.82. The van der Waals surface area contributed by atoms with Gasteiger partial charge >= 0.3 is 0 Å². The quantitative estimate of drug-likeness (QED) is 0.917. The van der Waals surface area contributed by atoms with Crippen molar-refractivity contribution in [1.82, 2.24) is 4.90 Å². The number of hydrogen-bond donors (Lipinski definition) is 1. The minimum atomic E-state index is 0.294. The van der Waals surface area contributed by atoms with Crippen molar-refractivity contribution < 1.29 is 5.11 Å². The maximum absolute atomic E-state index is 9.46. The van der Waals surface area contributed by atoms with Gasteiger partial charge in [0.25, 0.3) is 0 Å². The Morgan fingerprint density at radius 3 is 3.06 bits per heavy atom. The lowest BCUT2D eigenvalue weighted by Crippen LogP contribution is -2.41. The summed E-state index contributed by atoms with van der Waals surface area (Å²) < 4.78 is 1.37. The molecule has 2 heterocycles. The zero-order valence-corrected chi connectivity index (χ0v) is 11.3. The number of thiophene rings is 1. The molecule has 0 bridgehead atoms. The SMILES string of the molecule is OCC1CCCCN1Cc1csc2ccccc12. The Morgan fingerprint density at radius 2 is 2.17 bits per heavy atom. The number of aliphatic hydroxyl groups excluding tert-OH is 1. The Morgan fingerprint density at radius 1 is 1.28 bits per heavy atom. The van der Waals surface area contributed by atoms with E-state index < -0.39 is 0 Å². The summed E-state index contributed by atoms with van der Waals surface area (Å²) in [5.41, 5.74) is 1.41. The van der Waals surface area contributed by atoms with Gasteiger partial charge in [0.1, 0.15) is 0 Å². The number of fused-ring (bicyclic) bond motifs is 1. The van der Waals surface area contributed by atoms with Crippen LogP contribution in [0, 0.1) is 0 Å². The van der Waals surface area contributed by atoms with Gasteiger partial charge in [0.05, 0.1) is 6.61 Å². The molecular formula is C15H19NOS. The van der Waals surface area contributed by atoms with Crippen LogP contribution in [-0.2, 0) is 6.54 Å². The first kappa shape index (κ1) is 12.2. The summed E-state index contributed by atoms with van der Waals surface area (Å²) in [5.74, 6) is 0. The number of rotatable bonds is 3. The van der Waals surface area contributed by atoms with Gasteiger partial charge in [0.15, 0.2) is 0 Å². The number of nitrogens with zero attached hydrogens (tertiary/aromatic N) is 1. The molecule has 0 saturated carbocycles. The lowest BCUT2D eigenvalue weighted by molar-refractivity contribution is 0.0845. The van der Waals surface area contributed by atoms with Gasteiger partial charge in [-0.3, -0.25) is 4.90 Å². The summed E-state index contributed by atoms with van der Waals surface area (Å²) in [7, 11) is 0. The van der Waals surface area contributed by atoms with Crippen molar-refractivity contribution in [2.75, 3.05) is 13.2 Å². The fraction of sp³-hybridized carbons (Fsp3) is 0.467. The minimum Gasteiger partial charge on any atom is -0.395 e. The summed E-state index contributed by atoms with van der Waals surface area (Å²) in [6.45, 7) is 2.40. The molecule has 1 aliphatic rings. The summed E-state index contributed by atoms with van der Waals surface area (Å²) in [6.07, 6.45) is 3.66. The fourth-order valence-corrected chi connectivity index (χ4v) is 3.80. The summed E-state index contributed by atoms with van der Waals surface area (Å²) in [5, 5.41) is 13.1. The first-order valence-corrected chi connectivity index (χ1v) is 7.56. The second-order valence-corrected chi connectivity index (χ2v) is 5.97. The van der Waals surface area contributed by atoms with E-state index in [-0.39, 0.29) is 0 Å². The number of aliphatic hydroxyl groups is 1. The number of likely N-dealkylation sites (tertiary alicyclic amines) is 1. The molecule has 0 spiro atoms. The topological polar surface area (TPSA) is 23.5 Å². The molecule has 0 amide bonds. The van der Waals surface area contributed by atoms with Crippen molar-refractivity contribution in [1.29, 1.82) is 0 Å². The van der Waals surface area contributed by atoms with E-state index >= 15 is 0 Å². The molecule has 1 aromatic heterocycles. The molecule has 1 aliphatic heterocycles. The Balaban J connectivity index is 1.82. The first-order chi connectivity index (χ1) is 8.88. The summed E-state index contributed by atoms with van der Waals surface area (Å²) in [4.78, 5) is 2.44. The predicted octanol–water partition coefficient (Wildman–Crippen LogP) is 3.25. The van der Waals surface area contributed by atoms with Crippen LogP contribution in [0.25, 0.3) is 10.1 Å². The van der Waals surface area contributed by atoms with E-state index in [0.29, 0.717) is 12.6 Å². The maximum Gasteiger partial charge on any atom is 0.0586 e. The van der Waals surface area contributed by atoms with Crippen molar-refractivity contribution in [2.24, 2.45) is 0 Å². The van der Waals surface area contributed by atoms with Gasteiger partial charge in [-0.2, -0.15) is 0 Å². The van der Waals surface area contributed by atoms with Crippen molar-refractivity contribution in [3.63, 3.8) is 0 Å². The van der Waals surface area contributed by atoms with Crippen LogP contribution < -0.4 is 0 Å². The van der Waals surface area contributed by atoms with E-state index in [1.165, 1.54) is 28.5 Å². The van der Waals surface area contributed by atoms with Crippen molar-refractivity contribution in [3.8, 4) is 0 Å². The molecule has 18 heavy (non-hydrogen) atoms. The highest BCUT2D eigenvalue weighted by Crippen LogP contribution is 2.28. The largest absolute Gasteiger partial charge is 0.395 e. The molecule has 2 nitrogen and oxygen atoms in total. The molecule has 1 saturated heterocycles. The average Bonchev–Trinajstić information content (AvgIpc) is 2.83. The van der Waals surface area contributed by atoms with Gasteiger partial charge in [-0.25, -0.2) is 0 Å². The van der Waals surface area contributed by atoms with Crippen LogP contribution in [0.1, 0.15) is 24.8 Å². The third-order valence-electron chi connectivity index (χ3n) is 3.89. The van der Waals surface area contributed by atoms with Gasteiger partial charge in [-0.15, -0.1) is 11.3 Å². The highest BCUT2D eigenvalue weighted by atomic mass is 32.1. The van der Waals surface area contributed by atoms with Crippen LogP contribution in [0.2, 0.25) is 0 Å². The molecule has 0 radical (unpaired) electrons. The third kappa shape index (κ3) is 2.30. The van der Waals surface area contributed by atoms with Crippen LogP contribution in [0.15, 0.2) is 29.6 Å². The molecule has 2 aromatic rings. The van der Waals surface area contributed by atoms with Crippen molar-refractivity contribution >= 4 is 21.4 Å². The molecule has 1 aromatic carbocycles. The number of piperidine rings is 1. The minimum absolute atomic E-state index is 0.294. The van der Waals surface area contributed by atoms with E-state index in [0.717, 1.165) is 19.5 Å². The van der Waals surface area contributed by atoms with Crippen LogP contribution in [0.4, 0.5) is 0 Å². The van der Waals surface area contributed by atoms with E-state index in [2.05, 4.69) is 34.5 Å². The van der Waals surface area contributed by atoms with Gasteiger partial charge in [0, 0.05) is 17.3 Å². The molecule has 1 unspecified atom stereocenters. The molecule has 3 rings (SSSR count). The van der Waals surface area contributed by atoms with E-state index in [1.807, 2.05) is 11.3 Å². The van der Waals surface area contributed by atoms with Crippen LogP contribution in [0.3, 0.4) is 0 Å². The van der Waals surface area contributed by atoms with Gasteiger partial charge in [-0.05, 0) is 41.8 Å². The fourth-order valence-electron chi connectivity index (χ4n) is 2.85. The highest BCUT2D eigenvalue weighted by Gasteiger charge is 2.22. The van der Waals surface area contributed by atoms with Gasteiger partial charge in [-0.1, -0.05) is 24.6 Å². The molecular weight excluding hydrogens is 242 g/mol. The Kier molecular flexibility index (Phi) is 3.64. The van der Waals surface area contributed by atoms with Gasteiger partial charge in [0.2, 0.25) is 0 Å². The molecule has 96 valence electrons. The van der Waals surface area contributed by atoms with Gasteiger partial charge < -0.3 is 5.11 Å². The molecule has 1 fully saturated rings. The standard InChI is InChI=1S/C15H19NOS/c17-10-13-5-3-4-8-16(13)9-12-11-18-15-7-2-1-6-14(12)15/h1-2,6-7,11,13,17H,3-5,8-10H2. The highest BCUT2D eigenvalue weighted by molar-refractivity contribution is 7.17. The zero-order valence-electron chi connectivity index (χ0n) is 10.5. The second kappa shape index (κ2) is 5.39. The lowest BCUT2D eigenvalue weighted by Gasteiger charge is -2.34. The third-order valence-corrected chi connectivity index (χ3v) is 4.91. The Bertz CT molecular complexity index is 522. The molecule has 3 heteroatoms.